The Balaban J connectivity index is 2.19. The second-order valence-electron chi connectivity index (χ2n) is 5.96. The molecule has 1 saturated carbocycles. The van der Waals surface area contributed by atoms with Gasteiger partial charge in [0.25, 0.3) is 0 Å². The van der Waals surface area contributed by atoms with Gasteiger partial charge >= 0.3 is 0 Å². The number of anilines is 1. The molecule has 1 N–H and O–H groups in total. The number of hydrogen-bond acceptors (Lipinski definition) is 3. The van der Waals surface area contributed by atoms with Crippen LogP contribution in [0.1, 0.15) is 51.5 Å². The third-order valence-corrected chi connectivity index (χ3v) is 4.02. The fourth-order valence-corrected chi connectivity index (χ4v) is 2.89. The summed E-state index contributed by atoms with van der Waals surface area (Å²) in [5.41, 5.74) is 0.957. The van der Waals surface area contributed by atoms with Gasteiger partial charge in [0.2, 0.25) is 0 Å². The van der Waals surface area contributed by atoms with Crippen LogP contribution in [0.25, 0.3) is 0 Å². The van der Waals surface area contributed by atoms with Crippen LogP contribution in [0.15, 0.2) is 18.3 Å². The van der Waals surface area contributed by atoms with Crippen LogP contribution in [0.4, 0.5) is 5.82 Å². The van der Waals surface area contributed by atoms with Crippen molar-refractivity contribution < 1.29 is 5.11 Å². The maximum atomic E-state index is 9.52. The number of aliphatic hydroxyl groups is 1. The minimum atomic E-state index is 0.0775. The molecule has 0 radical (unpaired) electrons. The quantitative estimate of drug-likeness (QED) is 0.854. The SMILES string of the molecule is CC(C)CCN(c1ncccc1CO)C1CCCC1. The zero-order chi connectivity index (χ0) is 13.7. The van der Waals surface area contributed by atoms with E-state index in [4.69, 9.17) is 0 Å². The van der Waals surface area contributed by atoms with Gasteiger partial charge in [0.05, 0.1) is 6.61 Å². The number of pyridine rings is 1. The maximum absolute atomic E-state index is 9.52. The third-order valence-electron chi connectivity index (χ3n) is 4.02. The molecular weight excluding hydrogens is 236 g/mol. The lowest BCUT2D eigenvalue weighted by molar-refractivity contribution is 0.281. The van der Waals surface area contributed by atoms with Gasteiger partial charge in [-0.3, -0.25) is 0 Å². The smallest absolute Gasteiger partial charge is 0.134 e. The fourth-order valence-electron chi connectivity index (χ4n) is 2.89. The van der Waals surface area contributed by atoms with E-state index in [9.17, 15) is 5.11 Å². The molecule has 1 heterocycles. The number of aromatic nitrogens is 1. The van der Waals surface area contributed by atoms with E-state index in [-0.39, 0.29) is 6.61 Å². The first-order chi connectivity index (χ1) is 9.22. The summed E-state index contributed by atoms with van der Waals surface area (Å²) in [7, 11) is 0. The second-order valence-corrected chi connectivity index (χ2v) is 5.96. The molecule has 0 unspecified atom stereocenters. The van der Waals surface area contributed by atoms with E-state index in [1.807, 2.05) is 18.3 Å². The lowest BCUT2D eigenvalue weighted by atomic mass is 10.1. The fraction of sp³-hybridized carbons (Fsp3) is 0.688. The highest BCUT2D eigenvalue weighted by Crippen LogP contribution is 2.29. The Morgan fingerprint density at radius 2 is 2.11 bits per heavy atom. The van der Waals surface area contributed by atoms with Crippen molar-refractivity contribution in [1.29, 1.82) is 0 Å². The Bertz CT molecular complexity index is 386. The summed E-state index contributed by atoms with van der Waals surface area (Å²) >= 11 is 0. The van der Waals surface area contributed by atoms with Crippen molar-refractivity contribution in [1.82, 2.24) is 4.98 Å². The molecule has 1 aromatic heterocycles. The molecule has 0 amide bonds. The highest BCUT2D eigenvalue weighted by molar-refractivity contribution is 5.47. The van der Waals surface area contributed by atoms with E-state index >= 15 is 0 Å². The van der Waals surface area contributed by atoms with Gasteiger partial charge in [0, 0.05) is 24.3 Å². The van der Waals surface area contributed by atoms with Gasteiger partial charge in [-0.1, -0.05) is 32.8 Å². The Kier molecular flexibility index (Phi) is 5.20. The largest absolute Gasteiger partial charge is 0.392 e. The van der Waals surface area contributed by atoms with E-state index in [0.717, 1.165) is 17.9 Å². The molecule has 0 atom stereocenters. The van der Waals surface area contributed by atoms with Crippen molar-refractivity contribution in [3.8, 4) is 0 Å². The predicted molar refractivity (Wildman–Crippen MR) is 79.2 cm³/mol. The normalized spacial score (nSPS) is 16.2. The van der Waals surface area contributed by atoms with E-state index < -0.39 is 0 Å². The summed E-state index contributed by atoms with van der Waals surface area (Å²) in [4.78, 5) is 6.98. The van der Waals surface area contributed by atoms with Crippen LogP contribution in [-0.2, 0) is 6.61 Å². The number of hydrogen-bond donors (Lipinski definition) is 1. The van der Waals surface area contributed by atoms with Crippen LogP contribution >= 0.6 is 0 Å². The van der Waals surface area contributed by atoms with Crippen LogP contribution in [0.2, 0.25) is 0 Å². The molecule has 2 rings (SSSR count). The molecule has 19 heavy (non-hydrogen) atoms. The zero-order valence-electron chi connectivity index (χ0n) is 12.2. The highest BCUT2D eigenvalue weighted by atomic mass is 16.3. The van der Waals surface area contributed by atoms with Crippen molar-refractivity contribution in [2.45, 2.75) is 58.6 Å². The molecular formula is C16H26N2O. The lowest BCUT2D eigenvalue weighted by Crippen LogP contribution is -2.36. The molecule has 1 aliphatic carbocycles. The molecule has 3 heteroatoms. The molecule has 0 bridgehead atoms. The summed E-state index contributed by atoms with van der Waals surface area (Å²) in [6, 6.07) is 4.50. The summed E-state index contributed by atoms with van der Waals surface area (Å²) < 4.78 is 0. The van der Waals surface area contributed by atoms with Crippen molar-refractivity contribution in [3.63, 3.8) is 0 Å². The first-order valence-electron chi connectivity index (χ1n) is 7.53. The van der Waals surface area contributed by atoms with E-state index in [1.165, 1.54) is 32.1 Å². The molecule has 1 aliphatic rings. The van der Waals surface area contributed by atoms with Gasteiger partial charge in [-0.2, -0.15) is 0 Å². The van der Waals surface area contributed by atoms with Crippen molar-refractivity contribution in [2.75, 3.05) is 11.4 Å². The predicted octanol–water partition coefficient (Wildman–Crippen LogP) is 3.37. The monoisotopic (exact) mass is 262 g/mol. The highest BCUT2D eigenvalue weighted by Gasteiger charge is 2.25. The summed E-state index contributed by atoms with van der Waals surface area (Å²) in [6.45, 7) is 5.65. The molecule has 0 aromatic carbocycles. The van der Waals surface area contributed by atoms with Crippen molar-refractivity contribution >= 4 is 5.82 Å². The molecule has 0 saturated heterocycles. The summed E-state index contributed by atoms with van der Waals surface area (Å²) in [5, 5.41) is 9.52. The minimum Gasteiger partial charge on any atom is -0.392 e. The van der Waals surface area contributed by atoms with Gasteiger partial charge in [-0.05, 0) is 31.2 Å². The number of aliphatic hydroxyl groups excluding tert-OH is 1. The molecule has 1 fully saturated rings. The van der Waals surface area contributed by atoms with Gasteiger partial charge in [0.15, 0.2) is 0 Å². The van der Waals surface area contributed by atoms with Crippen molar-refractivity contribution in [2.24, 2.45) is 5.92 Å². The van der Waals surface area contributed by atoms with Gasteiger partial charge in [-0.15, -0.1) is 0 Å². The van der Waals surface area contributed by atoms with Crippen LogP contribution in [0, 0.1) is 5.92 Å². The standard InChI is InChI=1S/C16H26N2O/c1-13(2)9-11-18(15-7-3-4-8-15)16-14(12-19)6-5-10-17-16/h5-6,10,13,15,19H,3-4,7-9,11-12H2,1-2H3. The van der Waals surface area contributed by atoms with Crippen LogP contribution in [0.5, 0.6) is 0 Å². The number of nitrogens with zero attached hydrogens (tertiary/aromatic N) is 2. The molecule has 106 valence electrons. The molecule has 0 spiro atoms. The van der Waals surface area contributed by atoms with E-state index in [2.05, 4.69) is 23.7 Å². The van der Waals surface area contributed by atoms with Crippen LogP contribution < -0.4 is 4.90 Å². The van der Waals surface area contributed by atoms with Crippen LogP contribution in [0.3, 0.4) is 0 Å². The Labute approximate surface area is 116 Å². The average Bonchev–Trinajstić information content (AvgIpc) is 2.93. The molecule has 1 aromatic rings. The number of rotatable bonds is 6. The zero-order valence-corrected chi connectivity index (χ0v) is 12.2. The van der Waals surface area contributed by atoms with E-state index in [1.54, 1.807) is 0 Å². The van der Waals surface area contributed by atoms with Gasteiger partial charge in [0.1, 0.15) is 5.82 Å². The lowest BCUT2D eigenvalue weighted by Gasteiger charge is -2.32. The molecule has 0 aliphatic heterocycles. The average molecular weight is 262 g/mol. The second kappa shape index (κ2) is 6.90. The first kappa shape index (κ1) is 14.3. The summed E-state index contributed by atoms with van der Waals surface area (Å²) in [6.07, 6.45) is 8.19. The van der Waals surface area contributed by atoms with Crippen molar-refractivity contribution in [3.05, 3.63) is 23.9 Å². The Hall–Kier alpha value is -1.09. The Morgan fingerprint density at radius 1 is 1.37 bits per heavy atom. The van der Waals surface area contributed by atoms with Crippen LogP contribution in [-0.4, -0.2) is 22.7 Å². The summed E-state index contributed by atoms with van der Waals surface area (Å²) in [5.74, 6) is 1.70. The van der Waals surface area contributed by atoms with E-state index in [0.29, 0.717) is 12.0 Å². The van der Waals surface area contributed by atoms with Gasteiger partial charge in [-0.25, -0.2) is 4.98 Å². The Morgan fingerprint density at radius 3 is 2.74 bits per heavy atom. The molecule has 3 nitrogen and oxygen atoms in total. The van der Waals surface area contributed by atoms with Gasteiger partial charge < -0.3 is 10.0 Å². The maximum Gasteiger partial charge on any atom is 0.134 e. The topological polar surface area (TPSA) is 36.4 Å². The minimum absolute atomic E-state index is 0.0775. The first-order valence-corrected chi connectivity index (χ1v) is 7.53. The third kappa shape index (κ3) is 3.69.